The molecule has 0 bridgehead atoms. The first kappa shape index (κ1) is 14.1. The molecule has 0 radical (unpaired) electrons. The standard InChI is InChI=1S/C15H20N4O/c1-9(2)18-15(20)10(3)19-13-7-6-12(16)11-5-4-8-17-14(11)13/h4-10,19H,16H2,1-3H3,(H,18,20). The molecule has 20 heavy (non-hydrogen) atoms. The number of hydrogen-bond donors (Lipinski definition) is 3. The van der Waals surface area contributed by atoms with Crippen LogP contribution in [0.15, 0.2) is 30.5 Å². The number of amides is 1. The van der Waals surface area contributed by atoms with Crippen molar-refractivity contribution in [3.63, 3.8) is 0 Å². The van der Waals surface area contributed by atoms with Crippen molar-refractivity contribution >= 4 is 28.2 Å². The molecule has 1 aromatic heterocycles. The SMILES string of the molecule is CC(C)NC(=O)C(C)Nc1ccc(N)c2cccnc12. The van der Waals surface area contributed by atoms with Gasteiger partial charge in [-0.1, -0.05) is 0 Å². The Bertz CT molecular complexity index is 624. The van der Waals surface area contributed by atoms with Crippen LogP contribution in [0, 0.1) is 0 Å². The van der Waals surface area contributed by atoms with Crippen LogP contribution in [-0.2, 0) is 4.79 Å². The summed E-state index contributed by atoms with van der Waals surface area (Å²) < 4.78 is 0. The van der Waals surface area contributed by atoms with Crippen LogP contribution < -0.4 is 16.4 Å². The fourth-order valence-electron chi connectivity index (χ4n) is 2.02. The van der Waals surface area contributed by atoms with Crippen molar-refractivity contribution in [2.75, 3.05) is 11.1 Å². The second kappa shape index (κ2) is 5.77. The van der Waals surface area contributed by atoms with E-state index in [4.69, 9.17) is 5.73 Å². The van der Waals surface area contributed by atoms with E-state index >= 15 is 0 Å². The van der Waals surface area contributed by atoms with Gasteiger partial charge in [0.15, 0.2) is 0 Å². The summed E-state index contributed by atoms with van der Waals surface area (Å²) in [7, 11) is 0. The zero-order valence-electron chi connectivity index (χ0n) is 12.0. The highest BCUT2D eigenvalue weighted by Crippen LogP contribution is 2.26. The number of anilines is 2. The Morgan fingerprint density at radius 3 is 2.70 bits per heavy atom. The second-order valence-corrected chi connectivity index (χ2v) is 5.13. The number of benzene rings is 1. The van der Waals surface area contributed by atoms with E-state index in [1.807, 2.05) is 45.0 Å². The normalized spacial score (nSPS) is 12.4. The van der Waals surface area contributed by atoms with Gasteiger partial charge in [-0.3, -0.25) is 9.78 Å². The summed E-state index contributed by atoms with van der Waals surface area (Å²) in [4.78, 5) is 16.3. The molecule has 5 heteroatoms. The Morgan fingerprint density at radius 1 is 1.25 bits per heavy atom. The van der Waals surface area contributed by atoms with Crippen LogP contribution in [0.4, 0.5) is 11.4 Å². The summed E-state index contributed by atoms with van der Waals surface area (Å²) in [6, 6.07) is 7.21. The van der Waals surface area contributed by atoms with Crippen LogP contribution in [0.1, 0.15) is 20.8 Å². The number of hydrogen-bond acceptors (Lipinski definition) is 4. The molecule has 106 valence electrons. The molecule has 0 aliphatic rings. The largest absolute Gasteiger partial charge is 0.398 e. The molecule has 1 heterocycles. The number of nitrogen functional groups attached to an aromatic ring is 1. The highest BCUT2D eigenvalue weighted by atomic mass is 16.2. The lowest BCUT2D eigenvalue weighted by Gasteiger charge is -2.18. The second-order valence-electron chi connectivity index (χ2n) is 5.13. The van der Waals surface area contributed by atoms with Gasteiger partial charge >= 0.3 is 0 Å². The molecular weight excluding hydrogens is 252 g/mol. The van der Waals surface area contributed by atoms with Crippen molar-refractivity contribution in [2.45, 2.75) is 32.9 Å². The molecule has 2 rings (SSSR count). The molecule has 4 N–H and O–H groups in total. The lowest BCUT2D eigenvalue weighted by molar-refractivity contribution is -0.122. The molecule has 1 aromatic carbocycles. The van der Waals surface area contributed by atoms with Crippen molar-refractivity contribution in [2.24, 2.45) is 0 Å². The molecule has 1 unspecified atom stereocenters. The predicted molar refractivity (Wildman–Crippen MR) is 82.5 cm³/mol. The number of rotatable bonds is 4. The third-order valence-corrected chi connectivity index (χ3v) is 3.00. The van der Waals surface area contributed by atoms with Crippen LogP contribution >= 0.6 is 0 Å². The zero-order valence-corrected chi connectivity index (χ0v) is 12.0. The van der Waals surface area contributed by atoms with E-state index in [2.05, 4.69) is 15.6 Å². The number of pyridine rings is 1. The summed E-state index contributed by atoms with van der Waals surface area (Å²) in [5.41, 5.74) is 8.19. The lowest BCUT2D eigenvalue weighted by Crippen LogP contribution is -2.41. The van der Waals surface area contributed by atoms with E-state index in [1.54, 1.807) is 6.20 Å². The first-order valence-electron chi connectivity index (χ1n) is 6.69. The average Bonchev–Trinajstić information content (AvgIpc) is 2.41. The van der Waals surface area contributed by atoms with E-state index in [1.165, 1.54) is 0 Å². The van der Waals surface area contributed by atoms with Crippen molar-refractivity contribution < 1.29 is 4.79 Å². The lowest BCUT2D eigenvalue weighted by atomic mass is 10.1. The maximum atomic E-state index is 11.9. The van der Waals surface area contributed by atoms with Crippen LogP contribution in [0.25, 0.3) is 10.9 Å². The fourth-order valence-corrected chi connectivity index (χ4v) is 2.02. The molecule has 0 saturated heterocycles. The number of aromatic nitrogens is 1. The van der Waals surface area contributed by atoms with Crippen LogP contribution in [0.2, 0.25) is 0 Å². The van der Waals surface area contributed by atoms with Gasteiger partial charge in [-0.2, -0.15) is 0 Å². The number of carbonyl (C=O) groups is 1. The van der Waals surface area contributed by atoms with E-state index in [-0.39, 0.29) is 18.0 Å². The van der Waals surface area contributed by atoms with Gasteiger partial charge in [0.2, 0.25) is 5.91 Å². The fraction of sp³-hybridized carbons (Fsp3) is 0.333. The van der Waals surface area contributed by atoms with Crippen LogP contribution in [0.3, 0.4) is 0 Å². The Kier molecular flexibility index (Phi) is 4.08. The van der Waals surface area contributed by atoms with Gasteiger partial charge < -0.3 is 16.4 Å². The molecule has 0 fully saturated rings. The first-order valence-corrected chi connectivity index (χ1v) is 6.69. The van der Waals surface area contributed by atoms with Crippen molar-refractivity contribution in [1.82, 2.24) is 10.3 Å². The van der Waals surface area contributed by atoms with Crippen LogP contribution in [-0.4, -0.2) is 23.0 Å². The summed E-state index contributed by atoms with van der Waals surface area (Å²) in [5.74, 6) is -0.0408. The Morgan fingerprint density at radius 2 is 2.00 bits per heavy atom. The molecule has 5 nitrogen and oxygen atoms in total. The highest BCUT2D eigenvalue weighted by molar-refractivity contribution is 5.99. The molecule has 2 aromatic rings. The van der Waals surface area contributed by atoms with Gasteiger partial charge in [-0.15, -0.1) is 0 Å². The number of nitrogens with zero attached hydrogens (tertiary/aromatic N) is 1. The summed E-state index contributed by atoms with van der Waals surface area (Å²) in [6.45, 7) is 5.69. The molecule has 1 atom stereocenters. The summed E-state index contributed by atoms with van der Waals surface area (Å²) in [5, 5.41) is 6.95. The Labute approximate surface area is 118 Å². The van der Waals surface area contributed by atoms with Crippen molar-refractivity contribution in [3.8, 4) is 0 Å². The van der Waals surface area contributed by atoms with Gasteiger partial charge in [-0.05, 0) is 45.0 Å². The third kappa shape index (κ3) is 2.99. The van der Waals surface area contributed by atoms with Gasteiger partial charge in [0.25, 0.3) is 0 Å². The number of carbonyl (C=O) groups excluding carboxylic acids is 1. The van der Waals surface area contributed by atoms with Crippen LogP contribution in [0.5, 0.6) is 0 Å². The molecule has 0 aliphatic heterocycles. The minimum absolute atomic E-state index is 0.0408. The summed E-state index contributed by atoms with van der Waals surface area (Å²) >= 11 is 0. The topological polar surface area (TPSA) is 80.0 Å². The molecule has 0 aliphatic carbocycles. The molecule has 0 spiro atoms. The highest BCUT2D eigenvalue weighted by Gasteiger charge is 2.15. The predicted octanol–water partition coefficient (Wildman–Crippen LogP) is 2.14. The minimum atomic E-state index is -0.341. The quantitative estimate of drug-likeness (QED) is 0.745. The van der Waals surface area contributed by atoms with Gasteiger partial charge in [0.1, 0.15) is 6.04 Å². The average molecular weight is 272 g/mol. The molecular formula is C15H20N4O. The van der Waals surface area contributed by atoms with Gasteiger partial charge in [0, 0.05) is 23.3 Å². The van der Waals surface area contributed by atoms with E-state index in [0.29, 0.717) is 5.69 Å². The van der Waals surface area contributed by atoms with Gasteiger partial charge in [0.05, 0.1) is 11.2 Å². The van der Waals surface area contributed by atoms with Crippen molar-refractivity contribution in [1.29, 1.82) is 0 Å². The number of nitrogens with two attached hydrogens (primary N) is 1. The summed E-state index contributed by atoms with van der Waals surface area (Å²) in [6.07, 6.45) is 1.71. The maximum absolute atomic E-state index is 11.9. The number of fused-ring (bicyclic) bond motifs is 1. The molecule has 0 saturated carbocycles. The maximum Gasteiger partial charge on any atom is 0.242 e. The molecule has 1 amide bonds. The monoisotopic (exact) mass is 272 g/mol. The Hall–Kier alpha value is -2.30. The van der Waals surface area contributed by atoms with E-state index < -0.39 is 0 Å². The number of nitrogens with one attached hydrogen (secondary N) is 2. The third-order valence-electron chi connectivity index (χ3n) is 3.00. The minimum Gasteiger partial charge on any atom is -0.398 e. The van der Waals surface area contributed by atoms with Crippen molar-refractivity contribution in [3.05, 3.63) is 30.5 Å². The van der Waals surface area contributed by atoms with Gasteiger partial charge in [-0.25, -0.2) is 0 Å². The zero-order chi connectivity index (χ0) is 14.7. The Balaban J connectivity index is 2.26. The van der Waals surface area contributed by atoms with E-state index in [0.717, 1.165) is 16.6 Å². The smallest absolute Gasteiger partial charge is 0.242 e. The van der Waals surface area contributed by atoms with E-state index in [9.17, 15) is 4.79 Å². The first-order chi connectivity index (χ1) is 9.49.